The van der Waals surface area contributed by atoms with Crippen LogP contribution in [0.25, 0.3) is 50.1 Å². The van der Waals surface area contributed by atoms with Crippen LogP contribution in [0.15, 0.2) is 200 Å². The van der Waals surface area contributed by atoms with Gasteiger partial charge in [0.2, 0.25) is 0 Å². The molecular formula is C61H49N. The van der Waals surface area contributed by atoms with E-state index in [9.17, 15) is 0 Å². The first-order valence-corrected chi connectivity index (χ1v) is 22.2. The predicted molar refractivity (Wildman–Crippen MR) is 261 cm³/mol. The molecule has 1 heteroatoms. The monoisotopic (exact) mass is 795 g/mol. The SMILES string of the molecule is CC(C)(C)c1ccc2c(c1)C1(C3=C2C=CC3)c2ccccc2-c2cccc(-c3ccccc3N(c3ccc(-c4ccccc4)cc3)c3ccc4c(c3)C(C)(C)c3ccccc3-4)c21. The minimum atomic E-state index is -0.420. The normalized spacial score (nSPS) is 17.1. The van der Waals surface area contributed by atoms with Gasteiger partial charge in [-0.05, 0) is 131 Å². The fraction of sp³-hybridized carbons (Fsp3) is 0.148. The largest absolute Gasteiger partial charge is 0.310 e. The average Bonchev–Trinajstić information content (AvgIpc) is 4.03. The summed E-state index contributed by atoms with van der Waals surface area (Å²) in [5, 5.41) is 0. The fourth-order valence-electron chi connectivity index (χ4n) is 11.6. The van der Waals surface area contributed by atoms with Crippen molar-refractivity contribution < 1.29 is 0 Å². The Morgan fingerprint density at radius 1 is 0.452 bits per heavy atom. The highest BCUT2D eigenvalue weighted by Crippen LogP contribution is 2.66. The highest BCUT2D eigenvalue weighted by atomic mass is 15.1. The molecule has 62 heavy (non-hydrogen) atoms. The lowest BCUT2D eigenvalue weighted by atomic mass is 9.66. The molecule has 0 amide bonds. The summed E-state index contributed by atoms with van der Waals surface area (Å²) in [6.07, 6.45) is 5.72. The Labute approximate surface area is 366 Å². The fourth-order valence-corrected chi connectivity index (χ4v) is 11.6. The number of fused-ring (bicyclic) bond motifs is 12. The molecule has 1 unspecified atom stereocenters. The smallest absolute Gasteiger partial charge is 0.0697 e. The molecule has 0 saturated heterocycles. The van der Waals surface area contributed by atoms with Crippen LogP contribution >= 0.6 is 0 Å². The summed E-state index contributed by atoms with van der Waals surface area (Å²) < 4.78 is 0. The van der Waals surface area contributed by atoms with Gasteiger partial charge in [-0.1, -0.05) is 198 Å². The summed E-state index contributed by atoms with van der Waals surface area (Å²) >= 11 is 0. The quantitative estimate of drug-likeness (QED) is 0.168. The molecule has 0 bridgehead atoms. The third-order valence-corrected chi connectivity index (χ3v) is 14.5. The Morgan fingerprint density at radius 3 is 1.79 bits per heavy atom. The molecule has 0 saturated carbocycles. The summed E-state index contributed by atoms with van der Waals surface area (Å²) in [6, 6.07) is 68.8. The lowest BCUT2D eigenvalue weighted by molar-refractivity contribution is 0.587. The van der Waals surface area contributed by atoms with Crippen molar-refractivity contribution in [1.82, 2.24) is 0 Å². The maximum absolute atomic E-state index is 2.56. The zero-order valence-electron chi connectivity index (χ0n) is 36.1. The van der Waals surface area contributed by atoms with Crippen molar-refractivity contribution in [2.45, 2.75) is 57.3 Å². The molecule has 0 fully saturated rings. The second kappa shape index (κ2) is 13.3. The van der Waals surface area contributed by atoms with Gasteiger partial charge in [-0.25, -0.2) is 0 Å². The van der Waals surface area contributed by atoms with Crippen LogP contribution in [-0.2, 0) is 16.2 Å². The summed E-state index contributed by atoms with van der Waals surface area (Å²) in [5.74, 6) is 0. The molecule has 1 spiro atoms. The molecule has 4 aliphatic rings. The minimum Gasteiger partial charge on any atom is -0.310 e. The first-order valence-electron chi connectivity index (χ1n) is 22.2. The van der Waals surface area contributed by atoms with Crippen molar-refractivity contribution >= 4 is 22.6 Å². The predicted octanol–water partition coefficient (Wildman–Crippen LogP) is 16.1. The van der Waals surface area contributed by atoms with E-state index in [1.807, 2.05) is 0 Å². The third kappa shape index (κ3) is 5.09. The van der Waals surface area contributed by atoms with Gasteiger partial charge in [-0.15, -0.1) is 0 Å². The van der Waals surface area contributed by atoms with E-state index in [4.69, 9.17) is 0 Å². The van der Waals surface area contributed by atoms with Gasteiger partial charge in [-0.3, -0.25) is 0 Å². The Kier molecular flexibility index (Phi) is 7.89. The number of para-hydroxylation sites is 1. The highest BCUT2D eigenvalue weighted by Gasteiger charge is 2.54. The van der Waals surface area contributed by atoms with E-state index < -0.39 is 5.41 Å². The van der Waals surface area contributed by atoms with Crippen molar-refractivity contribution in [3.63, 3.8) is 0 Å². The summed E-state index contributed by atoms with van der Waals surface area (Å²) in [7, 11) is 0. The van der Waals surface area contributed by atoms with E-state index in [-0.39, 0.29) is 10.8 Å². The standard InChI is InChI=1S/C61H49N/c1-59(2,3)41-31-35-48-45-22-16-27-54(45)61(56(48)37-41)53-26-13-10-20-46(53)50-23-15-24-51(58(50)61)49-21-11-14-28-57(49)62(42-32-29-40(30-33-42)39-17-7-6-8-18-39)43-34-36-47-44-19-9-12-25-52(44)60(4,5)55(47)38-43/h6-26,28-38H,27H2,1-5H3. The van der Waals surface area contributed by atoms with Gasteiger partial charge in [-0.2, -0.15) is 0 Å². The van der Waals surface area contributed by atoms with E-state index in [2.05, 4.69) is 234 Å². The number of anilines is 3. The van der Waals surface area contributed by atoms with Crippen LogP contribution in [0.5, 0.6) is 0 Å². The maximum Gasteiger partial charge on any atom is 0.0697 e. The van der Waals surface area contributed by atoms with Crippen LogP contribution < -0.4 is 4.90 Å². The zero-order chi connectivity index (χ0) is 42.0. The molecule has 298 valence electrons. The van der Waals surface area contributed by atoms with Gasteiger partial charge >= 0.3 is 0 Å². The van der Waals surface area contributed by atoms with Crippen molar-refractivity contribution in [3.8, 4) is 44.5 Å². The van der Waals surface area contributed by atoms with Gasteiger partial charge in [0.05, 0.1) is 11.1 Å². The summed E-state index contributed by atoms with van der Waals surface area (Å²) in [4.78, 5) is 2.51. The van der Waals surface area contributed by atoms with Gasteiger partial charge < -0.3 is 4.90 Å². The number of benzene rings is 8. The van der Waals surface area contributed by atoms with E-state index in [0.29, 0.717) is 0 Å². The van der Waals surface area contributed by atoms with Crippen molar-refractivity contribution in [3.05, 3.63) is 239 Å². The number of allylic oxidation sites excluding steroid dienone is 4. The van der Waals surface area contributed by atoms with Crippen LogP contribution in [0.4, 0.5) is 17.1 Å². The molecule has 12 rings (SSSR count). The molecule has 4 aliphatic carbocycles. The average molecular weight is 796 g/mol. The molecule has 8 aromatic rings. The van der Waals surface area contributed by atoms with E-state index >= 15 is 0 Å². The summed E-state index contributed by atoms with van der Waals surface area (Å²) in [6.45, 7) is 11.8. The number of nitrogens with zero attached hydrogens (tertiary/aromatic N) is 1. The molecule has 0 radical (unpaired) electrons. The highest BCUT2D eigenvalue weighted by molar-refractivity contribution is 6.02. The number of hydrogen-bond acceptors (Lipinski definition) is 1. The van der Waals surface area contributed by atoms with Crippen molar-refractivity contribution in [2.24, 2.45) is 0 Å². The zero-order valence-corrected chi connectivity index (χ0v) is 36.1. The molecule has 1 atom stereocenters. The molecule has 0 heterocycles. The van der Waals surface area contributed by atoms with Crippen molar-refractivity contribution in [1.29, 1.82) is 0 Å². The van der Waals surface area contributed by atoms with E-state index in [0.717, 1.165) is 23.5 Å². The Bertz CT molecular complexity index is 3200. The van der Waals surface area contributed by atoms with Crippen LogP contribution in [0, 0.1) is 0 Å². The molecule has 0 aliphatic heterocycles. The number of rotatable bonds is 5. The van der Waals surface area contributed by atoms with E-state index in [1.54, 1.807) is 0 Å². The van der Waals surface area contributed by atoms with Crippen LogP contribution in [0.1, 0.15) is 80.0 Å². The lowest BCUT2D eigenvalue weighted by Crippen LogP contribution is -2.28. The second-order valence-corrected chi connectivity index (χ2v) is 19.2. The first kappa shape index (κ1) is 36.9. The number of hydrogen-bond donors (Lipinski definition) is 0. The van der Waals surface area contributed by atoms with Crippen LogP contribution in [-0.4, -0.2) is 0 Å². The van der Waals surface area contributed by atoms with Crippen LogP contribution in [0.2, 0.25) is 0 Å². The van der Waals surface area contributed by atoms with Gasteiger partial charge in [0, 0.05) is 22.4 Å². The molecular weight excluding hydrogens is 747 g/mol. The third-order valence-electron chi connectivity index (χ3n) is 14.5. The van der Waals surface area contributed by atoms with Gasteiger partial charge in [0.1, 0.15) is 0 Å². The lowest BCUT2D eigenvalue weighted by Gasteiger charge is -2.36. The van der Waals surface area contributed by atoms with Gasteiger partial charge in [0.25, 0.3) is 0 Å². The van der Waals surface area contributed by atoms with Crippen LogP contribution in [0.3, 0.4) is 0 Å². The Morgan fingerprint density at radius 2 is 1.03 bits per heavy atom. The summed E-state index contributed by atoms with van der Waals surface area (Å²) in [5.41, 5.74) is 25.8. The Balaban J connectivity index is 1.11. The topological polar surface area (TPSA) is 3.24 Å². The van der Waals surface area contributed by atoms with Gasteiger partial charge in [0.15, 0.2) is 0 Å². The second-order valence-electron chi connectivity index (χ2n) is 19.2. The molecule has 8 aromatic carbocycles. The minimum absolute atomic E-state index is 0.00845. The van der Waals surface area contributed by atoms with E-state index in [1.165, 1.54) is 94.6 Å². The first-order chi connectivity index (χ1) is 30.2. The Hall–Kier alpha value is -6.96. The maximum atomic E-state index is 2.56. The molecule has 0 aromatic heterocycles. The molecule has 0 N–H and O–H groups in total. The van der Waals surface area contributed by atoms with Crippen molar-refractivity contribution in [2.75, 3.05) is 4.90 Å². The molecule has 1 nitrogen and oxygen atoms in total.